The number of carbonyl (C=O) groups excluding carboxylic acids is 2. The molecule has 6 heteroatoms. The SMILES string of the molecule is CC1CCN(C(=O)c2c(NC(=O)c3ccccc3Cl)sc3c2CC[C@@H](C(C)(C)C)C3)CC1. The first-order valence-corrected chi connectivity index (χ1v) is 12.8. The van der Waals surface area contributed by atoms with Crippen molar-refractivity contribution in [3.05, 3.63) is 50.9 Å². The molecule has 0 bridgehead atoms. The lowest BCUT2D eigenvalue weighted by molar-refractivity contribution is 0.0697. The van der Waals surface area contributed by atoms with Crippen LogP contribution in [-0.2, 0) is 12.8 Å². The van der Waals surface area contributed by atoms with E-state index in [-0.39, 0.29) is 17.2 Å². The van der Waals surface area contributed by atoms with Gasteiger partial charge in [-0.2, -0.15) is 0 Å². The van der Waals surface area contributed by atoms with E-state index in [2.05, 4.69) is 33.0 Å². The van der Waals surface area contributed by atoms with E-state index in [4.69, 9.17) is 11.6 Å². The summed E-state index contributed by atoms with van der Waals surface area (Å²) in [5.41, 5.74) is 2.51. The summed E-state index contributed by atoms with van der Waals surface area (Å²) in [4.78, 5) is 30.0. The van der Waals surface area contributed by atoms with E-state index in [0.717, 1.165) is 50.8 Å². The van der Waals surface area contributed by atoms with Gasteiger partial charge >= 0.3 is 0 Å². The van der Waals surface area contributed by atoms with Crippen LogP contribution in [0.4, 0.5) is 5.00 Å². The van der Waals surface area contributed by atoms with Crippen molar-refractivity contribution in [1.82, 2.24) is 4.90 Å². The van der Waals surface area contributed by atoms with Gasteiger partial charge in [0.25, 0.3) is 11.8 Å². The van der Waals surface area contributed by atoms with Crippen molar-refractivity contribution < 1.29 is 9.59 Å². The van der Waals surface area contributed by atoms with E-state index in [9.17, 15) is 9.59 Å². The molecule has 172 valence electrons. The summed E-state index contributed by atoms with van der Waals surface area (Å²) in [6, 6.07) is 7.04. The first-order valence-electron chi connectivity index (χ1n) is 11.6. The Hall–Kier alpha value is -1.85. The van der Waals surface area contributed by atoms with Crippen molar-refractivity contribution in [3.8, 4) is 0 Å². The zero-order valence-electron chi connectivity index (χ0n) is 19.5. The minimum atomic E-state index is -0.261. The number of amides is 2. The Labute approximate surface area is 200 Å². The number of rotatable bonds is 3. The maximum Gasteiger partial charge on any atom is 0.257 e. The zero-order chi connectivity index (χ0) is 23.0. The number of piperidine rings is 1. The minimum absolute atomic E-state index is 0.0677. The molecule has 1 N–H and O–H groups in total. The molecule has 2 aliphatic rings. The van der Waals surface area contributed by atoms with E-state index in [1.54, 1.807) is 29.5 Å². The number of hydrogen-bond donors (Lipinski definition) is 1. The molecule has 1 fully saturated rings. The zero-order valence-corrected chi connectivity index (χ0v) is 21.0. The van der Waals surface area contributed by atoms with Gasteiger partial charge in [-0.3, -0.25) is 9.59 Å². The van der Waals surface area contributed by atoms with Gasteiger partial charge in [0, 0.05) is 18.0 Å². The monoisotopic (exact) mass is 472 g/mol. The highest BCUT2D eigenvalue weighted by Gasteiger charge is 2.35. The highest BCUT2D eigenvalue weighted by Crippen LogP contribution is 2.45. The number of carbonyl (C=O) groups is 2. The van der Waals surface area contributed by atoms with Crippen LogP contribution in [0.15, 0.2) is 24.3 Å². The Bertz CT molecular complexity index is 1020. The second-order valence-electron chi connectivity index (χ2n) is 10.4. The quantitative estimate of drug-likeness (QED) is 0.541. The number of anilines is 1. The number of nitrogens with zero attached hydrogens (tertiary/aromatic N) is 1. The first kappa shape index (κ1) is 23.3. The summed E-state index contributed by atoms with van der Waals surface area (Å²) < 4.78 is 0. The lowest BCUT2D eigenvalue weighted by Crippen LogP contribution is -2.38. The number of benzene rings is 1. The number of halogens is 1. The summed E-state index contributed by atoms with van der Waals surface area (Å²) in [5, 5.41) is 4.15. The van der Waals surface area contributed by atoms with Gasteiger partial charge in [0.05, 0.1) is 16.1 Å². The Kier molecular flexibility index (Phi) is 6.69. The molecule has 0 radical (unpaired) electrons. The molecule has 0 spiro atoms. The van der Waals surface area contributed by atoms with Gasteiger partial charge in [0.2, 0.25) is 0 Å². The summed E-state index contributed by atoms with van der Waals surface area (Å²) in [7, 11) is 0. The predicted octanol–water partition coefficient (Wildman–Crippen LogP) is 6.68. The van der Waals surface area contributed by atoms with Crippen LogP contribution in [0, 0.1) is 17.3 Å². The normalized spacial score (nSPS) is 19.5. The predicted molar refractivity (Wildman–Crippen MR) is 133 cm³/mol. The summed E-state index contributed by atoms with van der Waals surface area (Å²) >= 11 is 7.84. The molecule has 4 rings (SSSR count). The first-order chi connectivity index (χ1) is 15.1. The van der Waals surface area contributed by atoms with Crippen LogP contribution < -0.4 is 5.32 Å². The van der Waals surface area contributed by atoms with E-state index >= 15 is 0 Å². The van der Waals surface area contributed by atoms with Gasteiger partial charge in [-0.1, -0.05) is 51.4 Å². The molecule has 32 heavy (non-hydrogen) atoms. The molecular weight excluding hydrogens is 440 g/mol. The molecule has 0 unspecified atom stereocenters. The van der Waals surface area contributed by atoms with Crippen molar-refractivity contribution in [2.24, 2.45) is 17.3 Å². The maximum atomic E-state index is 13.7. The second kappa shape index (κ2) is 9.18. The number of thiophene rings is 1. The molecular formula is C26H33ClN2O2S. The van der Waals surface area contributed by atoms with E-state index < -0.39 is 0 Å². The third-order valence-corrected chi connectivity index (χ3v) is 8.62. The van der Waals surface area contributed by atoms with Crippen molar-refractivity contribution in [3.63, 3.8) is 0 Å². The number of nitrogens with one attached hydrogen (secondary N) is 1. The highest BCUT2D eigenvalue weighted by atomic mass is 35.5. The third-order valence-electron chi connectivity index (χ3n) is 7.12. The van der Waals surface area contributed by atoms with Gasteiger partial charge in [0.1, 0.15) is 5.00 Å². The fourth-order valence-corrected chi connectivity index (χ4v) is 6.36. The van der Waals surface area contributed by atoms with E-state index in [1.165, 1.54) is 4.88 Å². The summed E-state index contributed by atoms with van der Waals surface area (Å²) in [6.45, 7) is 10.7. The second-order valence-corrected chi connectivity index (χ2v) is 11.9. The van der Waals surface area contributed by atoms with Crippen LogP contribution >= 0.6 is 22.9 Å². The number of hydrogen-bond acceptors (Lipinski definition) is 3. The van der Waals surface area contributed by atoms with E-state index in [0.29, 0.717) is 33.0 Å². The van der Waals surface area contributed by atoms with Gasteiger partial charge in [0.15, 0.2) is 0 Å². The highest BCUT2D eigenvalue weighted by molar-refractivity contribution is 7.17. The van der Waals surface area contributed by atoms with Crippen molar-refractivity contribution in [1.29, 1.82) is 0 Å². The van der Waals surface area contributed by atoms with Crippen LogP contribution in [0.1, 0.15) is 78.1 Å². The molecule has 1 saturated heterocycles. The fraction of sp³-hybridized carbons (Fsp3) is 0.538. The Morgan fingerprint density at radius 1 is 1.12 bits per heavy atom. The average molecular weight is 473 g/mol. The summed E-state index contributed by atoms with van der Waals surface area (Å²) in [6.07, 6.45) is 4.99. The Morgan fingerprint density at radius 3 is 2.47 bits per heavy atom. The van der Waals surface area contributed by atoms with Gasteiger partial charge in [-0.05, 0) is 67.1 Å². The number of fused-ring (bicyclic) bond motifs is 1. The van der Waals surface area contributed by atoms with Crippen molar-refractivity contribution in [2.75, 3.05) is 18.4 Å². The summed E-state index contributed by atoms with van der Waals surface area (Å²) in [5.74, 6) is 1.03. The van der Waals surface area contributed by atoms with Crippen LogP contribution in [0.2, 0.25) is 5.02 Å². The Morgan fingerprint density at radius 2 is 1.81 bits per heavy atom. The molecule has 2 amide bonds. The molecule has 2 heterocycles. The molecule has 1 aromatic carbocycles. The van der Waals surface area contributed by atoms with Crippen LogP contribution in [0.5, 0.6) is 0 Å². The molecule has 1 aliphatic heterocycles. The Balaban J connectivity index is 1.68. The van der Waals surface area contributed by atoms with Crippen LogP contribution in [-0.4, -0.2) is 29.8 Å². The molecule has 2 aromatic rings. The van der Waals surface area contributed by atoms with Gasteiger partial charge in [-0.15, -0.1) is 11.3 Å². The number of likely N-dealkylation sites (tertiary alicyclic amines) is 1. The molecule has 1 atom stereocenters. The average Bonchev–Trinajstić information content (AvgIpc) is 3.10. The molecule has 4 nitrogen and oxygen atoms in total. The molecule has 1 aliphatic carbocycles. The van der Waals surface area contributed by atoms with E-state index in [1.807, 2.05) is 11.0 Å². The smallest absolute Gasteiger partial charge is 0.257 e. The van der Waals surface area contributed by atoms with Gasteiger partial charge < -0.3 is 10.2 Å². The molecule has 0 saturated carbocycles. The standard InChI is InChI=1S/C26H33ClN2O2S/c1-16-11-13-29(14-12-16)25(31)22-19-10-9-17(26(2,3)4)15-21(19)32-24(22)28-23(30)18-7-5-6-8-20(18)27/h5-8,16-17H,9-15H2,1-4H3,(H,28,30)/t17-/m1/s1. The van der Waals surface area contributed by atoms with Crippen molar-refractivity contribution >= 4 is 39.8 Å². The third kappa shape index (κ3) is 4.74. The largest absolute Gasteiger partial charge is 0.339 e. The van der Waals surface area contributed by atoms with Crippen LogP contribution in [0.3, 0.4) is 0 Å². The lowest BCUT2D eigenvalue weighted by atomic mass is 9.72. The minimum Gasteiger partial charge on any atom is -0.339 e. The fourth-order valence-electron chi connectivity index (χ4n) is 4.83. The maximum absolute atomic E-state index is 13.7. The van der Waals surface area contributed by atoms with Gasteiger partial charge in [-0.25, -0.2) is 0 Å². The lowest BCUT2D eigenvalue weighted by Gasteiger charge is -2.34. The topological polar surface area (TPSA) is 49.4 Å². The van der Waals surface area contributed by atoms with Crippen LogP contribution in [0.25, 0.3) is 0 Å². The molecule has 1 aromatic heterocycles. The van der Waals surface area contributed by atoms with Crippen molar-refractivity contribution in [2.45, 2.75) is 59.8 Å².